The molecule has 0 aliphatic carbocycles. The minimum absolute atomic E-state index is 0.0405. The smallest absolute Gasteiger partial charge is 0.305 e. The Kier molecular flexibility index (Phi) is 4.76. The minimum Gasteiger partial charge on any atom is -0.312 e. The van der Waals surface area contributed by atoms with Crippen molar-refractivity contribution in [1.29, 1.82) is 0 Å². The number of likely N-dealkylation sites (N-methyl/N-ethyl adjacent to an activating group) is 1. The normalized spacial score (nSPS) is 17.0. The van der Waals surface area contributed by atoms with Crippen molar-refractivity contribution in [1.82, 2.24) is 14.8 Å². The summed E-state index contributed by atoms with van der Waals surface area (Å²) in [4.78, 5) is 20.8. The molecule has 1 aromatic carbocycles. The van der Waals surface area contributed by atoms with Crippen LogP contribution in [0.3, 0.4) is 0 Å². The summed E-state index contributed by atoms with van der Waals surface area (Å²) in [5, 5.41) is 0. The first-order chi connectivity index (χ1) is 10.7. The van der Waals surface area contributed by atoms with Gasteiger partial charge in [0.25, 0.3) is 0 Å². The molecule has 1 N–H and O–H groups in total. The average molecular weight is 317 g/mol. The standard InChI is InChI=1S/C17H23N3OS/c1-3-13-4-6-14(7-5-13)16-15(22-17(21)18-16)12-20-10-8-19(2)9-11-20/h4-7H,3,8-12H2,1-2H3,(H,18,21). The molecule has 1 aliphatic rings. The van der Waals surface area contributed by atoms with Gasteiger partial charge in [-0.2, -0.15) is 0 Å². The molecule has 1 aliphatic heterocycles. The topological polar surface area (TPSA) is 39.3 Å². The molecule has 2 heterocycles. The van der Waals surface area contributed by atoms with Crippen molar-refractivity contribution in [3.05, 3.63) is 44.4 Å². The van der Waals surface area contributed by atoms with Gasteiger partial charge in [-0.05, 0) is 24.6 Å². The Morgan fingerprint density at radius 3 is 2.45 bits per heavy atom. The number of hydrogen-bond acceptors (Lipinski definition) is 4. The van der Waals surface area contributed by atoms with Crippen LogP contribution in [0.4, 0.5) is 0 Å². The highest BCUT2D eigenvalue weighted by Crippen LogP contribution is 2.25. The van der Waals surface area contributed by atoms with E-state index in [1.807, 2.05) is 0 Å². The maximum atomic E-state index is 11.8. The zero-order chi connectivity index (χ0) is 15.5. The maximum Gasteiger partial charge on any atom is 0.305 e. The van der Waals surface area contributed by atoms with Crippen LogP contribution in [-0.4, -0.2) is 48.0 Å². The minimum atomic E-state index is 0.0405. The lowest BCUT2D eigenvalue weighted by Crippen LogP contribution is -2.43. The second-order valence-electron chi connectivity index (χ2n) is 5.94. The van der Waals surface area contributed by atoms with Gasteiger partial charge in [-0.3, -0.25) is 9.69 Å². The zero-order valence-electron chi connectivity index (χ0n) is 13.3. The third-order valence-electron chi connectivity index (χ3n) is 4.34. The van der Waals surface area contributed by atoms with Crippen molar-refractivity contribution in [2.24, 2.45) is 0 Å². The molecule has 0 amide bonds. The molecule has 0 bridgehead atoms. The number of aromatic nitrogens is 1. The molecule has 1 fully saturated rings. The molecular weight excluding hydrogens is 294 g/mol. The highest BCUT2D eigenvalue weighted by atomic mass is 32.1. The Labute approximate surface area is 135 Å². The maximum absolute atomic E-state index is 11.8. The highest BCUT2D eigenvalue weighted by Gasteiger charge is 2.18. The molecule has 3 rings (SSSR count). The van der Waals surface area contributed by atoms with Gasteiger partial charge in [0.1, 0.15) is 0 Å². The van der Waals surface area contributed by atoms with Gasteiger partial charge < -0.3 is 9.88 Å². The molecule has 0 unspecified atom stereocenters. The molecule has 4 nitrogen and oxygen atoms in total. The molecule has 1 saturated heterocycles. The number of H-pyrrole nitrogens is 1. The van der Waals surface area contributed by atoms with E-state index in [1.54, 1.807) is 0 Å². The Balaban J connectivity index is 1.81. The number of benzene rings is 1. The van der Waals surface area contributed by atoms with Crippen LogP contribution in [0.25, 0.3) is 11.3 Å². The van der Waals surface area contributed by atoms with Crippen LogP contribution in [0.1, 0.15) is 17.4 Å². The van der Waals surface area contributed by atoms with E-state index in [1.165, 1.54) is 16.9 Å². The van der Waals surface area contributed by atoms with Crippen molar-refractivity contribution in [3.8, 4) is 11.3 Å². The molecule has 118 valence electrons. The van der Waals surface area contributed by atoms with Gasteiger partial charge in [-0.15, -0.1) is 0 Å². The molecule has 1 aromatic heterocycles. The summed E-state index contributed by atoms with van der Waals surface area (Å²) in [6, 6.07) is 8.52. The Bertz CT molecular complexity index is 666. The highest BCUT2D eigenvalue weighted by molar-refractivity contribution is 7.09. The second-order valence-corrected chi connectivity index (χ2v) is 7.01. The SMILES string of the molecule is CCc1ccc(-c2[nH]c(=O)sc2CN2CCN(C)CC2)cc1. The largest absolute Gasteiger partial charge is 0.312 e. The number of thiazole rings is 1. The van der Waals surface area contributed by atoms with Gasteiger partial charge in [0.15, 0.2) is 0 Å². The van der Waals surface area contributed by atoms with Gasteiger partial charge in [0.2, 0.25) is 0 Å². The Morgan fingerprint density at radius 1 is 1.14 bits per heavy atom. The number of aromatic amines is 1. The molecule has 22 heavy (non-hydrogen) atoms. The molecule has 0 radical (unpaired) electrons. The van der Waals surface area contributed by atoms with Gasteiger partial charge in [0.05, 0.1) is 5.69 Å². The number of nitrogens with one attached hydrogen (secondary N) is 1. The van der Waals surface area contributed by atoms with Crippen LogP contribution in [0.2, 0.25) is 0 Å². The lowest BCUT2D eigenvalue weighted by atomic mass is 10.1. The quantitative estimate of drug-likeness (QED) is 0.941. The molecule has 2 aromatic rings. The number of hydrogen-bond donors (Lipinski definition) is 1. The van der Waals surface area contributed by atoms with E-state index in [0.717, 1.165) is 55.3 Å². The lowest BCUT2D eigenvalue weighted by molar-refractivity contribution is 0.149. The molecule has 0 spiro atoms. The third kappa shape index (κ3) is 3.48. The van der Waals surface area contributed by atoms with Gasteiger partial charge in [-0.25, -0.2) is 0 Å². The summed E-state index contributed by atoms with van der Waals surface area (Å²) >= 11 is 1.35. The summed E-state index contributed by atoms with van der Waals surface area (Å²) in [5.41, 5.74) is 3.43. The van der Waals surface area contributed by atoms with Crippen molar-refractivity contribution >= 4 is 11.3 Å². The fourth-order valence-electron chi connectivity index (χ4n) is 2.82. The lowest BCUT2D eigenvalue weighted by Gasteiger charge is -2.32. The predicted octanol–water partition coefficient (Wildman–Crippen LogP) is 2.41. The van der Waals surface area contributed by atoms with E-state index in [-0.39, 0.29) is 4.87 Å². The van der Waals surface area contributed by atoms with Crippen LogP contribution in [-0.2, 0) is 13.0 Å². The first kappa shape index (κ1) is 15.5. The van der Waals surface area contributed by atoms with E-state index < -0.39 is 0 Å². The molecule has 0 atom stereocenters. The number of aryl methyl sites for hydroxylation is 1. The first-order valence-electron chi connectivity index (χ1n) is 7.88. The van der Waals surface area contributed by atoms with Gasteiger partial charge in [0, 0.05) is 37.6 Å². The number of rotatable bonds is 4. The Morgan fingerprint density at radius 2 is 1.82 bits per heavy atom. The molecule has 0 saturated carbocycles. The van der Waals surface area contributed by atoms with Gasteiger partial charge >= 0.3 is 4.87 Å². The number of nitrogens with zero attached hydrogens (tertiary/aromatic N) is 2. The van der Waals surface area contributed by atoms with Crippen molar-refractivity contribution in [2.45, 2.75) is 19.9 Å². The summed E-state index contributed by atoms with van der Waals surface area (Å²) in [6.07, 6.45) is 1.04. The average Bonchev–Trinajstić information content (AvgIpc) is 2.90. The fraction of sp³-hybridized carbons (Fsp3) is 0.471. The van der Waals surface area contributed by atoms with Crippen molar-refractivity contribution < 1.29 is 0 Å². The second kappa shape index (κ2) is 6.77. The predicted molar refractivity (Wildman–Crippen MR) is 92.5 cm³/mol. The fourth-order valence-corrected chi connectivity index (χ4v) is 3.72. The molecular formula is C17H23N3OS. The van der Waals surface area contributed by atoms with Crippen LogP contribution in [0.15, 0.2) is 29.1 Å². The van der Waals surface area contributed by atoms with E-state index in [0.29, 0.717) is 0 Å². The van der Waals surface area contributed by atoms with Crippen LogP contribution in [0, 0.1) is 0 Å². The first-order valence-corrected chi connectivity index (χ1v) is 8.69. The summed E-state index contributed by atoms with van der Waals surface area (Å²) in [6.45, 7) is 7.34. The summed E-state index contributed by atoms with van der Waals surface area (Å²) in [7, 11) is 2.16. The van der Waals surface area contributed by atoms with E-state index in [4.69, 9.17) is 0 Å². The van der Waals surface area contributed by atoms with Crippen molar-refractivity contribution in [2.75, 3.05) is 33.2 Å². The monoisotopic (exact) mass is 317 g/mol. The van der Waals surface area contributed by atoms with Crippen LogP contribution < -0.4 is 4.87 Å². The van der Waals surface area contributed by atoms with E-state index >= 15 is 0 Å². The van der Waals surface area contributed by atoms with E-state index in [2.05, 4.69) is 53.0 Å². The Hall–Kier alpha value is -1.43. The van der Waals surface area contributed by atoms with Crippen molar-refractivity contribution in [3.63, 3.8) is 0 Å². The van der Waals surface area contributed by atoms with Crippen LogP contribution >= 0.6 is 11.3 Å². The van der Waals surface area contributed by atoms with Crippen LogP contribution in [0.5, 0.6) is 0 Å². The van der Waals surface area contributed by atoms with Gasteiger partial charge in [-0.1, -0.05) is 42.5 Å². The summed E-state index contributed by atoms with van der Waals surface area (Å²) < 4.78 is 0. The third-order valence-corrected chi connectivity index (χ3v) is 5.20. The molecule has 5 heteroatoms. The van der Waals surface area contributed by atoms with E-state index in [9.17, 15) is 4.79 Å². The summed E-state index contributed by atoms with van der Waals surface area (Å²) in [5.74, 6) is 0. The number of piperazine rings is 1. The zero-order valence-corrected chi connectivity index (χ0v) is 14.1.